The van der Waals surface area contributed by atoms with E-state index in [0.29, 0.717) is 23.5 Å². The van der Waals surface area contributed by atoms with E-state index in [1.807, 2.05) is 7.05 Å². The Morgan fingerprint density at radius 2 is 1.88 bits per heavy atom. The molecule has 146 valence electrons. The number of piperazine rings is 1. The van der Waals surface area contributed by atoms with Gasteiger partial charge in [0.2, 0.25) is 15.9 Å². The number of halogens is 4. The van der Waals surface area contributed by atoms with E-state index in [0.717, 1.165) is 31.5 Å². The monoisotopic (exact) mass is 414 g/mol. The second-order valence-corrected chi connectivity index (χ2v) is 8.59. The summed E-state index contributed by atoms with van der Waals surface area (Å²) in [5.74, 6) is -0.476. The first-order valence-electron chi connectivity index (χ1n) is 7.83. The van der Waals surface area contributed by atoms with E-state index in [2.05, 4.69) is 0 Å². The molecule has 0 atom stereocenters. The average Bonchev–Trinajstić information content (AvgIpc) is 2.51. The van der Waals surface area contributed by atoms with Gasteiger partial charge in [-0.15, -0.1) is 0 Å². The second-order valence-electron chi connectivity index (χ2n) is 6.27. The molecule has 2 rings (SSSR count). The van der Waals surface area contributed by atoms with Crippen molar-refractivity contribution >= 4 is 33.2 Å². The van der Waals surface area contributed by atoms with Gasteiger partial charge in [0.1, 0.15) is 6.54 Å². The van der Waals surface area contributed by atoms with E-state index in [9.17, 15) is 26.4 Å². The number of carbonyl (C=O) groups is 1. The minimum atomic E-state index is -4.66. The van der Waals surface area contributed by atoms with Gasteiger partial charge in [0.15, 0.2) is 0 Å². The molecule has 0 spiro atoms. The zero-order valence-electron chi connectivity index (χ0n) is 14.3. The Morgan fingerprint density at radius 3 is 2.38 bits per heavy atom. The van der Waals surface area contributed by atoms with E-state index in [-0.39, 0.29) is 10.7 Å². The summed E-state index contributed by atoms with van der Waals surface area (Å²) >= 11 is 5.93. The highest BCUT2D eigenvalue weighted by Crippen LogP contribution is 2.36. The molecular weight excluding hydrogens is 395 g/mol. The quantitative estimate of drug-likeness (QED) is 0.779. The van der Waals surface area contributed by atoms with Crippen molar-refractivity contribution in [1.29, 1.82) is 0 Å². The zero-order chi connectivity index (χ0) is 19.7. The summed E-state index contributed by atoms with van der Waals surface area (Å²) in [7, 11) is -2.04. The summed E-state index contributed by atoms with van der Waals surface area (Å²) < 4.78 is 63.8. The molecule has 6 nitrogen and oxygen atoms in total. The minimum Gasteiger partial charge on any atom is -0.334 e. The van der Waals surface area contributed by atoms with Gasteiger partial charge in [-0.1, -0.05) is 11.6 Å². The molecule has 0 saturated carbocycles. The van der Waals surface area contributed by atoms with Gasteiger partial charge in [-0.3, -0.25) is 9.10 Å². The fraction of sp³-hybridized carbons (Fsp3) is 0.533. The van der Waals surface area contributed by atoms with Crippen LogP contribution in [0.15, 0.2) is 18.2 Å². The van der Waals surface area contributed by atoms with Crippen LogP contribution in [0.4, 0.5) is 18.9 Å². The molecule has 1 saturated heterocycles. The van der Waals surface area contributed by atoms with Crippen LogP contribution >= 0.6 is 11.6 Å². The molecule has 1 fully saturated rings. The number of sulfonamides is 1. The predicted octanol–water partition coefficient (Wildman–Crippen LogP) is 0.482. The Labute approximate surface area is 155 Å². The number of alkyl halides is 3. The summed E-state index contributed by atoms with van der Waals surface area (Å²) in [6, 6.07) is 2.38. The maximum atomic E-state index is 13.0. The fourth-order valence-corrected chi connectivity index (χ4v) is 3.74. The largest absolute Gasteiger partial charge is 0.416 e. The Balaban J connectivity index is 2.33. The Morgan fingerprint density at radius 1 is 1.31 bits per heavy atom. The van der Waals surface area contributed by atoms with Crippen molar-refractivity contribution in [2.45, 2.75) is 6.18 Å². The topological polar surface area (TPSA) is 62.1 Å². The van der Waals surface area contributed by atoms with Gasteiger partial charge in [-0.25, -0.2) is 8.42 Å². The highest BCUT2D eigenvalue weighted by atomic mass is 35.5. The second kappa shape index (κ2) is 7.61. The van der Waals surface area contributed by atoms with E-state index in [1.165, 1.54) is 9.80 Å². The van der Waals surface area contributed by atoms with Crippen molar-refractivity contribution < 1.29 is 31.3 Å². The lowest BCUT2D eigenvalue weighted by Crippen LogP contribution is -3.12. The molecule has 0 aromatic heterocycles. The first kappa shape index (κ1) is 20.8. The van der Waals surface area contributed by atoms with Crippen molar-refractivity contribution in [3.63, 3.8) is 0 Å². The standard InChI is InChI=1S/C15H19ClF3N3O3S/c1-20-5-7-21(8-6-20)14(23)10-22(26(2,24)25)13-9-11(15(17,18)19)3-4-12(13)16/h3-4,9H,5-8,10H2,1-2H3/p+1. The molecule has 1 amide bonds. The number of rotatable bonds is 4. The molecule has 1 aliphatic rings. The normalized spacial score (nSPS) is 16.6. The van der Waals surface area contributed by atoms with E-state index in [4.69, 9.17) is 11.6 Å². The molecule has 0 aliphatic carbocycles. The van der Waals surface area contributed by atoms with Gasteiger partial charge in [0, 0.05) is 0 Å². The van der Waals surface area contributed by atoms with Crippen LogP contribution in [0.2, 0.25) is 5.02 Å². The smallest absolute Gasteiger partial charge is 0.334 e. The lowest BCUT2D eigenvalue weighted by atomic mass is 10.2. The number of carbonyl (C=O) groups excluding carboxylic acids is 1. The van der Waals surface area contributed by atoms with Gasteiger partial charge in [0.25, 0.3) is 0 Å². The van der Waals surface area contributed by atoms with E-state index < -0.39 is 34.2 Å². The molecule has 1 N–H and O–H groups in total. The lowest BCUT2D eigenvalue weighted by molar-refractivity contribution is -0.883. The molecule has 1 aromatic rings. The maximum absolute atomic E-state index is 13.0. The number of anilines is 1. The maximum Gasteiger partial charge on any atom is 0.416 e. The van der Waals surface area contributed by atoms with Crippen molar-refractivity contribution in [3.8, 4) is 0 Å². The highest BCUT2D eigenvalue weighted by Gasteiger charge is 2.33. The molecular formula is C15H20ClF3N3O3S+. The summed E-state index contributed by atoms with van der Waals surface area (Å²) in [5, 5.41) is -0.181. The van der Waals surface area contributed by atoms with Crippen LogP contribution in [-0.2, 0) is 21.0 Å². The number of nitrogens with one attached hydrogen (secondary N) is 1. The van der Waals surface area contributed by atoms with Crippen molar-refractivity contribution in [3.05, 3.63) is 28.8 Å². The van der Waals surface area contributed by atoms with E-state index >= 15 is 0 Å². The molecule has 0 radical (unpaired) electrons. The van der Waals surface area contributed by atoms with Gasteiger partial charge in [0.05, 0.1) is 55.8 Å². The summed E-state index contributed by atoms with van der Waals surface area (Å²) in [4.78, 5) is 15.2. The van der Waals surface area contributed by atoms with Crippen LogP contribution in [-0.4, -0.2) is 65.3 Å². The minimum absolute atomic E-state index is 0.181. The molecule has 26 heavy (non-hydrogen) atoms. The molecule has 1 heterocycles. The third-order valence-electron chi connectivity index (χ3n) is 4.19. The molecule has 1 aromatic carbocycles. The lowest BCUT2D eigenvalue weighted by Gasteiger charge is -2.32. The van der Waals surface area contributed by atoms with Crippen LogP contribution in [0, 0.1) is 0 Å². The number of hydrogen-bond donors (Lipinski definition) is 1. The SMILES string of the molecule is C[NH+]1CCN(C(=O)CN(c2cc(C(F)(F)F)ccc2Cl)S(C)(=O)=O)CC1. The Bertz CT molecular complexity index is 778. The third-order valence-corrected chi connectivity index (χ3v) is 5.64. The van der Waals surface area contributed by atoms with Crippen LogP contribution in [0.25, 0.3) is 0 Å². The molecule has 0 bridgehead atoms. The van der Waals surface area contributed by atoms with Gasteiger partial charge < -0.3 is 9.80 Å². The highest BCUT2D eigenvalue weighted by molar-refractivity contribution is 7.92. The molecule has 0 unspecified atom stereocenters. The fourth-order valence-electron chi connectivity index (χ4n) is 2.62. The van der Waals surface area contributed by atoms with Crippen molar-refractivity contribution in [2.75, 3.05) is 50.3 Å². The molecule has 11 heteroatoms. The number of benzene rings is 1. The summed E-state index contributed by atoms with van der Waals surface area (Å²) in [5.41, 5.74) is -1.40. The molecule has 1 aliphatic heterocycles. The van der Waals surface area contributed by atoms with Crippen LogP contribution in [0.5, 0.6) is 0 Å². The predicted molar refractivity (Wildman–Crippen MR) is 91.8 cm³/mol. The first-order chi connectivity index (χ1) is 11.9. The average molecular weight is 415 g/mol. The first-order valence-corrected chi connectivity index (χ1v) is 10.1. The van der Waals surface area contributed by atoms with Crippen LogP contribution < -0.4 is 9.21 Å². The number of quaternary nitrogens is 1. The zero-order valence-corrected chi connectivity index (χ0v) is 15.9. The van der Waals surface area contributed by atoms with Crippen molar-refractivity contribution in [1.82, 2.24) is 4.90 Å². The summed E-state index contributed by atoms with van der Waals surface area (Å²) in [6.07, 6.45) is -3.84. The van der Waals surface area contributed by atoms with Gasteiger partial charge in [-0.05, 0) is 18.2 Å². The van der Waals surface area contributed by atoms with Crippen molar-refractivity contribution in [2.24, 2.45) is 0 Å². The third kappa shape index (κ3) is 5.01. The number of nitrogens with zero attached hydrogens (tertiary/aromatic N) is 2. The van der Waals surface area contributed by atoms with Crippen LogP contribution in [0.3, 0.4) is 0 Å². The number of amides is 1. The van der Waals surface area contributed by atoms with Crippen LogP contribution in [0.1, 0.15) is 5.56 Å². The Hall–Kier alpha value is -1.52. The number of hydrogen-bond acceptors (Lipinski definition) is 3. The summed E-state index contributed by atoms with van der Waals surface area (Å²) in [6.45, 7) is 1.75. The van der Waals surface area contributed by atoms with E-state index in [1.54, 1.807) is 0 Å². The number of likely N-dealkylation sites (N-methyl/N-ethyl adjacent to an activating group) is 1. The Kier molecular flexibility index (Phi) is 6.09. The van der Waals surface area contributed by atoms with Gasteiger partial charge in [-0.2, -0.15) is 13.2 Å². The van der Waals surface area contributed by atoms with Gasteiger partial charge >= 0.3 is 6.18 Å².